The number of halogens is 1. The lowest BCUT2D eigenvalue weighted by Crippen LogP contribution is -2.32. The largest absolute Gasteiger partial charge is 0.494 e. The number of nitrogens with one attached hydrogen (secondary N) is 1. The number of hydrogen-bond donors (Lipinski definition) is 2. The third kappa shape index (κ3) is 11.4. The van der Waals surface area contributed by atoms with Gasteiger partial charge in [-0.05, 0) is 18.6 Å². The number of rotatable bonds is 10. The second kappa shape index (κ2) is 14.0. The minimum Gasteiger partial charge on any atom is -0.494 e. The molecule has 0 aromatic heterocycles. The van der Waals surface area contributed by atoms with Gasteiger partial charge in [0.25, 0.3) is 0 Å². The van der Waals surface area contributed by atoms with Gasteiger partial charge in [0, 0.05) is 19.5 Å². The first-order chi connectivity index (χ1) is 9.83. The minimum atomic E-state index is 0. The molecule has 5 heteroatoms. The van der Waals surface area contributed by atoms with E-state index in [2.05, 4.69) is 17.2 Å². The predicted octanol–water partition coefficient (Wildman–Crippen LogP) is 3.56. The van der Waals surface area contributed by atoms with Crippen LogP contribution < -0.4 is 15.8 Å². The molecule has 0 unspecified atom stereocenters. The number of para-hydroxylation sites is 1. The highest BCUT2D eigenvalue weighted by molar-refractivity contribution is 14.0. The summed E-state index contributed by atoms with van der Waals surface area (Å²) in [6.45, 7) is 4.48. The summed E-state index contributed by atoms with van der Waals surface area (Å²) in [5, 5.41) is 3.14. The van der Waals surface area contributed by atoms with Gasteiger partial charge >= 0.3 is 0 Å². The topological polar surface area (TPSA) is 59.6 Å². The van der Waals surface area contributed by atoms with E-state index in [-0.39, 0.29) is 24.0 Å². The van der Waals surface area contributed by atoms with Crippen LogP contribution in [0.3, 0.4) is 0 Å². The van der Waals surface area contributed by atoms with Crippen LogP contribution in [0.15, 0.2) is 35.3 Å². The quantitative estimate of drug-likeness (QED) is 0.271. The molecule has 21 heavy (non-hydrogen) atoms. The highest BCUT2D eigenvalue weighted by atomic mass is 127. The van der Waals surface area contributed by atoms with E-state index in [0.29, 0.717) is 19.1 Å². The molecule has 0 aliphatic heterocycles. The molecule has 3 N–H and O–H groups in total. The fourth-order valence-corrected chi connectivity index (χ4v) is 1.79. The molecule has 0 aliphatic carbocycles. The molecule has 4 nitrogen and oxygen atoms in total. The number of nitrogens with two attached hydrogens (primary N) is 1. The molecule has 0 fully saturated rings. The lowest BCUT2D eigenvalue weighted by molar-refractivity contribution is 0.313. The van der Waals surface area contributed by atoms with E-state index >= 15 is 0 Å². The summed E-state index contributed by atoms with van der Waals surface area (Å²) >= 11 is 0. The monoisotopic (exact) mass is 405 g/mol. The summed E-state index contributed by atoms with van der Waals surface area (Å²) in [7, 11) is 0. The second-order valence-electron chi connectivity index (χ2n) is 4.77. The molecule has 0 radical (unpaired) electrons. The SMILES string of the molecule is CCCCCCNC(N)=NCCCOc1ccccc1.I. The zero-order valence-corrected chi connectivity index (χ0v) is 15.2. The van der Waals surface area contributed by atoms with Crippen LogP contribution in [0.4, 0.5) is 0 Å². The first-order valence-electron chi connectivity index (χ1n) is 7.54. The number of hydrogen-bond acceptors (Lipinski definition) is 2. The van der Waals surface area contributed by atoms with Crippen molar-refractivity contribution in [1.29, 1.82) is 0 Å². The molecule has 0 heterocycles. The lowest BCUT2D eigenvalue weighted by Gasteiger charge is -2.06. The summed E-state index contributed by atoms with van der Waals surface area (Å²) in [6.07, 6.45) is 5.82. The Labute approximate surface area is 145 Å². The van der Waals surface area contributed by atoms with Gasteiger partial charge in [0.1, 0.15) is 5.75 Å². The highest BCUT2D eigenvalue weighted by Gasteiger charge is 1.93. The van der Waals surface area contributed by atoms with E-state index in [1.165, 1.54) is 19.3 Å². The highest BCUT2D eigenvalue weighted by Crippen LogP contribution is 2.08. The molecule has 0 aliphatic rings. The number of benzene rings is 1. The number of ether oxygens (including phenoxy) is 1. The van der Waals surface area contributed by atoms with Gasteiger partial charge in [0.15, 0.2) is 5.96 Å². The van der Waals surface area contributed by atoms with Crippen molar-refractivity contribution in [2.75, 3.05) is 19.7 Å². The van der Waals surface area contributed by atoms with Gasteiger partial charge in [0.05, 0.1) is 6.61 Å². The molecule has 0 amide bonds. The number of unbranched alkanes of at least 4 members (excludes halogenated alkanes) is 3. The molecular weight excluding hydrogens is 377 g/mol. The Morgan fingerprint density at radius 1 is 1.14 bits per heavy atom. The summed E-state index contributed by atoms with van der Waals surface area (Å²) in [4.78, 5) is 4.28. The van der Waals surface area contributed by atoms with Gasteiger partial charge < -0.3 is 15.8 Å². The smallest absolute Gasteiger partial charge is 0.188 e. The van der Waals surface area contributed by atoms with Crippen molar-refractivity contribution in [2.45, 2.75) is 39.0 Å². The third-order valence-electron chi connectivity index (χ3n) is 2.93. The van der Waals surface area contributed by atoms with Crippen molar-refractivity contribution in [3.05, 3.63) is 30.3 Å². The zero-order chi connectivity index (χ0) is 14.5. The van der Waals surface area contributed by atoms with Crippen molar-refractivity contribution in [2.24, 2.45) is 10.7 Å². The van der Waals surface area contributed by atoms with Crippen LogP contribution in [0.1, 0.15) is 39.0 Å². The molecule has 0 spiro atoms. The van der Waals surface area contributed by atoms with Crippen molar-refractivity contribution in [3.63, 3.8) is 0 Å². The van der Waals surface area contributed by atoms with Crippen molar-refractivity contribution in [1.82, 2.24) is 5.32 Å². The predicted molar refractivity (Wildman–Crippen MR) is 101 cm³/mol. The molecular formula is C16H28IN3O. The van der Waals surface area contributed by atoms with Gasteiger partial charge in [-0.2, -0.15) is 0 Å². The molecule has 120 valence electrons. The Balaban J connectivity index is 0.00000400. The van der Waals surface area contributed by atoms with E-state index in [0.717, 1.165) is 25.1 Å². The van der Waals surface area contributed by atoms with E-state index in [1.54, 1.807) is 0 Å². The van der Waals surface area contributed by atoms with Gasteiger partial charge in [-0.15, -0.1) is 24.0 Å². The Morgan fingerprint density at radius 3 is 2.62 bits per heavy atom. The van der Waals surface area contributed by atoms with Crippen LogP contribution in [0.25, 0.3) is 0 Å². The Morgan fingerprint density at radius 2 is 1.90 bits per heavy atom. The summed E-state index contributed by atoms with van der Waals surface area (Å²) in [6, 6.07) is 9.82. The van der Waals surface area contributed by atoms with Crippen LogP contribution in [0.2, 0.25) is 0 Å². The van der Waals surface area contributed by atoms with Crippen molar-refractivity contribution in [3.8, 4) is 5.75 Å². The first kappa shape index (κ1) is 20.0. The Kier molecular flexibility index (Phi) is 13.3. The molecule has 0 saturated carbocycles. The fraction of sp³-hybridized carbons (Fsp3) is 0.562. The molecule has 1 aromatic rings. The van der Waals surface area contributed by atoms with Gasteiger partial charge in [-0.1, -0.05) is 44.4 Å². The van der Waals surface area contributed by atoms with Gasteiger partial charge in [0.2, 0.25) is 0 Å². The molecule has 1 rings (SSSR count). The maximum atomic E-state index is 5.78. The van der Waals surface area contributed by atoms with Gasteiger partial charge in [-0.3, -0.25) is 4.99 Å². The summed E-state index contributed by atoms with van der Waals surface area (Å²) < 4.78 is 5.58. The summed E-state index contributed by atoms with van der Waals surface area (Å²) in [5.41, 5.74) is 5.78. The van der Waals surface area contributed by atoms with Crippen molar-refractivity contribution >= 4 is 29.9 Å². The maximum Gasteiger partial charge on any atom is 0.188 e. The van der Waals surface area contributed by atoms with E-state index < -0.39 is 0 Å². The van der Waals surface area contributed by atoms with E-state index in [4.69, 9.17) is 10.5 Å². The van der Waals surface area contributed by atoms with Gasteiger partial charge in [-0.25, -0.2) is 0 Å². The second-order valence-corrected chi connectivity index (χ2v) is 4.77. The fourth-order valence-electron chi connectivity index (χ4n) is 1.79. The number of aliphatic imine (C=N–C) groups is 1. The summed E-state index contributed by atoms with van der Waals surface area (Å²) in [5.74, 6) is 1.44. The van der Waals surface area contributed by atoms with E-state index in [9.17, 15) is 0 Å². The van der Waals surface area contributed by atoms with Crippen LogP contribution in [0, 0.1) is 0 Å². The number of guanidine groups is 1. The minimum absolute atomic E-state index is 0. The average molecular weight is 405 g/mol. The van der Waals surface area contributed by atoms with Crippen molar-refractivity contribution < 1.29 is 4.74 Å². The van der Waals surface area contributed by atoms with E-state index in [1.807, 2.05) is 30.3 Å². The zero-order valence-electron chi connectivity index (χ0n) is 12.9. The van der Waals surface area contributed by atoms with Crippen LogP contribution in [-0.4, -0.2) is 25.7 Å². The standard InChI is InChI=1S/C16H27N3O.HI/c1-2-3-4-8-12-18-16(17)19-13-9-14-20-15-10-6-5-7-11-15;/h5-7,10-11H,2-4,8-9,12-14H2,1H3,(H3,17,18,19);1H. The molecule has 0 saturated heterocycles. The third-order valence-corrected chi connectivity index (χ3v) is 2.93. The molecule has 0 atom stereocenters. The molecule has 0 bridgehead atoms. The Hall–Kier alpha value is -0.980. The Bertz CT molecular complexity index is 371. The number of nitrogens with zero attached hydrogens (tertiary/aromatic N) is 1. The lowest BCUT2D eigenvalue weighted by atomic mass is 10.2. The van der Waals surface area contributed by atoms with Crippen LogP contribution in [-0.2, 0) is 0 Å². The molecule has 1 aromatic carbocycles. The maximum absolute atomic E-state index is 5.78. The first-order valence-corrected chi connectivity index (χ1v) is 7.54. The normalized spacial score (nSPS) is 10.8. The van der Waals surface area contributed by atoms with Crippen LogP contribution in [0.5, 0.6) is 5.75 Å². The average Bonchev–Trinajstić information content (AvgIpc) is 2.48. The van der Waals surface area contributed by atoms with Crippen LogP contribution >= 0.6 is 24.0 Å².